The van der Waals surface area contributed by atoms with Crippen molar-refractivity contribution in [2.75, 3.05) is 6.54 Å². The topological polar surface area (TPSA) is 47.0 Å². The van der Waals surface area contributed by atoms with Crippen molar-refractivity contribution < 1.29 is 4.74 Å². The maximum Gasteiger partial charge on any atom is 0.238 e. The molecule has 0 aliphatic carbocycles. The van der Waals surface area contributed by atoms with Crippen LogP contribution in [0.15, 0.2) is 29.0 Å². The van der Waals surface area contributed by atoms with Crippen LogP contribution in [-0.2, 0) is 6.54 Å². The summed E-state index contributed by atoms with van der Waals surface area (Å²) in [6.45, 7) is 3.52. The Kier molecular flexibility index (Phi) is 5.60. The highest BCUT2D eigenvalue weighted by Crippen LogP contribution is 2.35. The zero-order chi connectivity index (χ0) is 14.5. The smallest absolute Gasteiger partial charge is 0.238 e. The molecule has 2 aromatic rings. The fraction of sp³-hybridized carbons (Fsp3) is 0.231. The van der Waals surface area contributed by atoms with Gasteiger partial charge in [0.25, 0.3) is 0 Å². The normalized spacial score (nSPS) is 10.6. The van der Waals surface area contributed by atoms with Crippen LogP contribution >= 0.6 is 39.1 Å². The summed E-state index contributed by atoms with van der Waals surface area (Å²) in [5.74, 6) is 0.815. The van der Waals surface area contributed by atoms with Crippen LogP contribution in [-0.4, -0.2) is 16.5 Å². The van der Waals surface area contributed by atoms with Crippen molar-refractivity contribution in [2.45, 2.75) is 13.5 Å². The van der Waals surface area contributed by atoms with E-state index in [1.54, 1.807) is 18.3 Å². The van der Waals surface area contributed by atoms with Crippen molar-refractivity contribution in [3.8, 4) is 11.6 Å². The maximum absolute atomic E-state index is 6.10. The largest absolute Gasteiger partial charge is 0.436 e. The molecule has 0 aliphatic heterocycles. The average Bonchev–Trinajstić information content (AvgIpc) is 2.43. The van der Waals surface area contributed by atoms with Gasteiger partial charge in [-0.1, -0.05) is 30.1 Å². The number of hydrogen-bond donors (Lipinski definition) is 1. The number of benzene rings is 1. The first kappa shape index (κ1) is 15.5. The number of nitrogens with one attached hydrogen (secondary N) is 1. The molecule has 0 amide bonds. The van der Waals surface area contributed by atoms with Crippen LogP contribution in [0.3, 0.4) is 0 Å². The van der Waals surface area contributed by atoms with Gasteiger partial charge in [0, 0.05) is 23.3 Å². The maximum atomic E-state index is 6.10. The van der Waals surface area contributed by atoms with Gasteiger partial charge in [0.05, 0.1) is 21.9 Å². The molecule has 1 N–H and O–H groups in total. The Morgan fingerprint density at radius 1 is 1.25 bits per heavy atom. The van der Waals surface area contributed by atoms with Crippen molar-refractivity contribution in [1.82, 2.24) is 15.3 Å². The Hall–Kier alpha value is -0.880. The summed E-state index contributed by atoms with van der Waals surface area (Å²) in [6, 6.07) is 3.31. The van der Waals surface area contributed by atoms with Crippen LogP contribution in [0.4, 0.5) is 0 Å². The number of halogens is 3. The molecule has 20 heavy (non-hydrogen) atoms. The first-order valence-corrected chi connectivity index (χ1v) is 7.49. The van der Waals surface area contributed by atoms with E-state index in [-0.39, 0.29) is 0 Å². The van der Waals surface area contributed by atoms with E-state index in [2.05, 4.69) is 31.2 Å². The van der Waals surface area contributed by atoms with Gasteiger partial charge < -0.3 is 10.1 Å². The lowest BCUT2D eigenvalue weighted by Crippen LogP contribution is -2.13. The van der Waals surface area contributed by atoms with Crippen LogP contribution in [0.5, 0.6) is 11.6 Å². The summed E-state index contributed by atoms with van der Waals surface area (Å²) in [4.78, 5) is 8.43. The van der Waals surface area contributed by atoms with Crippen LogP contribution in [0, 0.1) is 0 Å². The first-order valence-electron chi connectivity index (χ1n) is 5.94. The molecule has 1 heterocycles. The third kappa shape index (κ3) is 4.06. The second-order valence-electron chi connectivity index (χ2n) is 3.93. The summed E-state index contributed by atoms with van der Waals surface area (Å²) >= 11 is 15.4. The minimum absolute atomic E-state index is 0.376. The van der Waals surface area contributed by atoms with Crippen molar-refractivity contribution in [2.24, 2.45) is 0 Å². The first-order chi connectivity index (χ1) is 9.60. The lowest BCUT2D eigenvalue weighted by Gasteiger charge is -2.09. The molecule has 1 aromatic carbocycles. The van der Waals surface area contributed by atoms with E-state index in [0.717, 1.165) is 12.2 Å². The van der Waals surface area contributed by atoms with Crippen LogP contribution in [0.1, 0.15) is 12.6 Å². The Balaban J connectivity index is 2.19. The van der Waals surface area contributed by atoms with Gasteiger partial charge in [0.1, 0.15) is 5.75 Å². The van der Waals surface area contributed by atoms with E-state index < -0.39 is 0 Å². The van der Waals surface area contributed by atoms with Gasteiger partial charge in [-0.15, -0.1) is 0 Å². The second-order valence-corrected chi connectivity index (χ2v) is 5.60. The molecule has 0 saturated carbocycles. The Morgan fingerprint density at radius 2 is 2.05 bits per heavy atom. The lowest BCUT2D eigenvalue weighted by molar-refractivity contribution is 0.456. The highest BCUT2D eigenvalue weighted by atomic mass is 79.9. The molecule has 0 radical (unpaired) electrons. The molecule has 0 spiro atoms. The summed E-state index contributed by atoms with van der Waals surface area (Å²) < 4.78 is 6.34. The fourth-order valence-corrected chi connectivity index (χ4v) is 2.30. The SMILES string of the molecule is CCNCc1cncc(Oc2cc(Cl)c(Br)cc2Cl)n1. The van der Waals surface area contributed by atoms with Gasteiger partial charge in [-0.2, -0.15) is 0 Å². The third-order valence-electron chi connectivity index (χ3n) is 2.41. The number of aromatic nitrogens is 2. The van der Waals surface area contributed by atoms with Gasteiger partial charge in [0.2, 0.25) is 5.88 Å². The molecule has 106 valence electrons. The lowest BCUT2D eigenvalue weighted by atomic mass is 10.3. The summed E-state index contributed by atoms with van der Waals surface area (Å²) in [6.07, 6.45) is 3.22. The number of rotatable bonds is 5. The third-order valence-corrected chi connectivity index (χ3v) is 3.90. The van der Waals surface area contributed by atoms with E-state index in [1.807, 2.05) is 6.92 Å². The van der Waals surface area contributed by atoms with E-state index >= 15 is 0 Å². The Labute approximate surface area is 135 Å². The van der Waals surface area contributed by atoms with E-state index in [9.17, 15) is 0 Å². The van der Waals surface area contributed by atoms with E-state index in [0.29, 0.717) is 32.7 Å². The fourth-order valence-electron chi connectivity index (χ4n) is 1.47. The quantitative estimate of drug-likeness (QED) is 0.783. The van der Waals surface area contributed by atoms with Crippen LogP contribution in [0.2, 0.25) is 10.0 Å². The van der Waals surface area contributed by atoms with Crippen molar-refractivity contribution in [3.05, 3.63) is 44.7 Å². The van der Waals surface area contributed by atoms with Crippen LogP contribution < -0.4 is 10.1 Å². The number of hydrogen-bond acceptors (Lipinski definition) is 4. The summed E-state index contributed by atoms with van der Waals surface area (Å²) in [7, 11) is 0. The molecule has 0 aliphatic rings. The number of nitrogens with zero attached hydrogens (tertiary/aromatic N) is 2. The molecule has 0 fully saturated rings. The molecule has 0 bridgehead atoms. The standard InChI is InChI=1S/C13H12BrCl2N3O/c1-2-17-5-8-6-18-7-13(19-8)20-12-4-10(15)9(14)3-11(12)16/h3-4,6-7,17H,2,5H2,1H3. The molecule has 0 saturated heterocycles. The molecule has 1 aromatic heterocycles. The number of ether oxygens (including phenoxy) is 1. The van der Waals surface area contributed by atoms with Crippen molar-refractivity contribution >= 4 is 39.1 Å². The van der Waals surface area contributed by atoms with Gasteiger partial charge in [-0.3, -0.25) is 4.98 Å². The molecule has 2 rings (SSSR count). The monoisotopic (exact) mass is 375 g/mol. The summed E-state index contributed by atoms with van der Waals surface area (Å²) in [5, 5.41) is 4.13. The molecule has 7 heteroatoms. The van der Waals surface area contributed by atoms with E-state index in [1.165, 1.54) is 6.20 Å². The van der Waals surface area contributed by atoms with Gasteiger partial charge in [-0.25, -0.2) is 4.98 Å². The molecule has 4 nitrogen and oxygen atoms in total. The molecular formula is C13H12BrCl2N3O. The molecule has 0 atom stereocenters. The predicted molar refractivity (Wildman–Crippen MR) is 83.6 cm³/mol. The van der Waals surface area contributed by atoms with Crippen molar-refractivity contribution in [3.63, 3.8) is 0 Å². The van der Waals surface area contributed by atoms with Gasteiger partial charge in [0.15, 0.2) is 0 Å². The molecule has 0 unspecified atom stereocenters. The minimum atomic E-state index is 0.376. The highest BCUT2D eigenvalue weighted by Gasteiger charge is 2.09. The average molecular weight is 377 g/mol. The second kappa shape index (κ2) is 7.22. The highest BCUT2D eigenvalue weighted by molar-refractivity contribution is 9.10. The van der Waals surface area contributed by atoms with E-state index in [4.69, 9.17) is 27.9 Å². The molecular weight excluding hydrogens is 365 g/mol. The Morgan fingerprint density at radius 3 is 2.80 bits per heavy atom. The zero-order valence-corrected chi connectivity index (χ0v) is 13.8. The van der Waals surface area contributed by atoms with Crippen molar-refractivity contribution in [1.29, 1.82) is 0 Å². The van der Waals surface area contributed by atoms with Gasteiger partial charge >= 0.3 is 0 Å². The minimum Gasteiger partial charge on any atom is -0.436 e. The summed E-state index contributed by atoms with van der Waals surface area (Å²) in [5.41, 5.74) is 0.795. The van der Waals surface area contributed by atoms with Gasteiger partial charge in [-0.05, 0) is 28.5 Å². The zero-order valence-electron chi connectivity index (χ0n) is 10.7. The predicted octanol–water partition coefficient (Wildman–Crippen LogP) is 4.45. The Bertz CT molecular complexity index is 610. The van der Waals surface area contributed by atoms with Crippen LogP contribution in [0.25, 0.3) is 0 Å².